The molecule has 2 heterocycles. The smallest absolute Gasteiger partial charge is 0.269 e. The van der Waals surface area contributed by atoms with Gasteiger partial charge < -0.3 is 10.2 Å². The zero-order chi connectivity index (χ0) is 21.6. The second kappa shape index (κ2) is 7.68. The molecule has 3 aliphatic rings. The number of hydrogen-bond acceptors (Lipinski definition) is 5. The molecule has 1 saturated carbocycles. The number of nitrogens with one attached hydrogen (secondary N) is 1. The number of piperidine rings is 1. The summed E-state index contributed by atoms with van der Waals surface area (Å²) in [5.41, 5.74) is 0.311. The van der Waals surface area contributed by atoms with Crippen molar-refractivity contribution >= 4 is 27.7 Å². The molecule has 0 radical (unpaired) electrons. The first-order valence-electron chi connectivity index (χ1n) is 10.5. The largest absolute Gasteiger partial charge is 0.356 e. The number of carbonyl (C=O) groups excluding carboxylic acids is 3. The Morgan fingerprint density at radius 1 is 1.20 bits per heavy atom. The monoisotopic (exact) mass is 433 g/mol. The molecule has 2 aliphatic heterocycles. The summed E-state index contributed by atoms with van der Waals surface area (Å²) in [5.74, 6) is -0.559. The molecule has 0 spiro atoms. The van der Waals surface area contributed by atoms with Crippen LogP contribution in [-0.2, 0) is 14.8 Å². The molecular weight excluding hydrogens is 406 g/mol. The van der Waals surface area contributed by atoms with E-state index in [1.807, 2.05) is 0 Å². The molecular formula is C21H27N3O5S. The number of fused-ring (bicyclic) bond motifs is 1. The van der Waals surface area contributed by atoms with Crippen molar-refractivity contribution in [3.05, 3.63) is 29.3 Å². The average Bonchev–Trinajstić information content (AvgIpc) is 3.52. The van der Waals surface area contributed by atoms with Crippen LogP contribution in [0.25, 0.3) is 0 Å². The third-order valence-corrected chi connectivity index (χ3v) is 8.01. The van der Waals surface area contributed by atoms with Crippen molar-refractivity contribution < 1.29 is 22.8 Å². The van der Waals surface area contributed by atoms with Gasteiger partial charge in [0.25, 0.3) is 21.8 Å². The fourth-order valence-electron chi connectivity index (χ4n) is 4.16. The Kier molecular flexibility index (Phi) is 5.34. The molecule has 0 bridgehead atoms. The van der Waals surface area contributed by atoms with Crippen LogP contribution in [0.4, 0.5) is 0 Å². The van der Waals surface area contributed by atoms with E-state index in [0.717, 1.165) is 30.0 Å². The molecule has 1 aromatic carbocycles. The van der Waals surface area contributed by atoms with E-state index >= 15 is 0 Å². The highest BCUT2D eigenvalue weighted by Crippen LogP contribution is 2.33. The van der Waals surface area contributed by atoms with Gasteiger partial charge in [0.2, 0.25) is 5.91 Å². The van der Waals surface area contributed by atoms with E-state index in [0.29, 0.717) is 25.6 Å². The Morgan fingerprint density at radius 3 is 2.60 bits per heavy atom. The number of rotatable bonds is 5. The van der Waals surface area contributed by atoms with Crippen molar-refractivity contribution in [3.63, 3.8) is 0 Å². The summed E-state index contributed by atoms with van der Waals surface area (Å²) in [6.45, 7) is 4.81. The second-order valence-corrected chi connectivity index (χ2v) is 10.5. The maximum Gasteiger partial charge on any atom is 0.269 e. The topological polar surface area (TPSA) is 104 Å². The van der Waals surface area contributed by atoms with Gasteiger partial charge in [0.15, 0.2) is 0 Å². The van der Waals surface area contributed by atoms with Gasteiger partial charge in [0, 0.05) is 31.2 Å². The van der Waals surface area contributed by atoms with Gasteiger partial charge >= 0.3 is 0 Å². The zero-order valence-corrected chi connectivity index (χ0v) is 18.1. The minimum Gasteiger partial charge on any atom is -0.356 e. The van der Waals surface area contributed by atoms with Crippen LogP contribution < -0.4 is 5.32 Å². The van der Waals surface area contributed by atoms with E-state index in [-0.39, 0.29) is 33.8 Å². The number of amides is 3. The number of carbonyl (C=O) groups is 3. The maximum absolute atomic E-state index is 13.1. The minimum absolute atomic E-state index is 0.0193. The molecule has 1 aliphatic carbocycles. The first-order valence-corrected chi connectivity index (χ1v) is 11.9. The standard InChI is InChI=1S/C21H27N3O5S/c1-13(2)24-21(27)17-8-7-15(10-18(17)30(24,28)29)20(26)23-9-3-4-16(12-23)19(25)22-11-14-5-6-14/h7-8,10,13-14,16H,3-6,9,11-12H2,1-2H3,(H,22,25). The molecule has 30 heavy (non-hydrogen) atoms. The van der Waals surface area contributed by atoms with Crippen LogP contribution in [0.1, 0.15) is 60.2 Å². The van der Waals surface area contributed by atoms with Crippen LogP contribution in [0.5, 0.6) is 0 Å². The van der Waals surface area contributed by atoms with Gasteiger partial charge in [-0.05, 0) is 63.6 Å². The average molecular weight is 434 g/mol. The van der Waals surface area contributed by atoms with E-state index in [4.69, 9.17) is 0 Å². The van der Waals surface area contributed by atoms with Crippen molar-refractivity contribution in [3.8, 4) is 0 Å². The fraction of sp³-hybridized carbons (Fsp3) is 0.571. The van der Waals surface area contributed by atoms with E-state index in [1.54, 1.807) is 18.7 Å². The summed E-state index contributed by atoms with van der Waals surface area (Å²) in [6, 6.07) is 3.69. The van der Waals surface area contributed by atoms with E-state index in [9.17, 15) is 22.8 Å². The van der Waals surface area contributed by atoms with Crippen LogP contribution in [0.3, 0.4) is 0 Å². The maximum atomic E-state index is 13.1. The SMILES string of the molecule is CC(C)N1C(=O)c2ccc(C(=O)N3CCCC(C(=O)NCC4CC4)C3)cc2S1(=O)=O. The molecule has 8 nitrogen and oxygen atoms in total. The molecule has 1 N–H and O–H groups in total. The fourth-order valence-corrected chi connectivity index (χ4v) is 5.95. The van der Waals surface area contributed by atoms with Gasteiger partial charge in [-0.15, -0.1) is 0 Å². The van der Waals surface area contributed by atoms with E-state index in [1.165, 1.54) is 18.2 Å². The van der Waals surface area contributed by atoms with Gasteiger partial charge in [-0.2, -0.15) is 0 Å². The predicted molar refractivity (Wildman–Crippen MR) is 109 cm³/mol. The van der Waals surface area contributed by atoms with Crippen molar-refractivity contribution in [1.29, 1.82) is 0 Å². The number of hydrogen-bond donors (Lipinski definition) is 1. The van der Waals surface area contributed by atoms with Crippen LogP contribution in [-0.4, -0.2) is 61.0 Å². The molecule has 2 fully saturated rings. The van der Waals surface area contributed by atoms with Crippen molar-refractivity contribution in [2.24, 2.45) is 11.8 Å². The summed E-state index contributed by atoms with van der Waals surface area (Å²) >= 11 is 0. The number of likely N-dealkylation sites (tertiary alicyclic amines) is 1. The van der Waals surface area contributed by atoms with Crippen LogP contribution in [0, 0.1) is 11.8 Å². The Hall–Kier alpha value is -2.42. The Bertz CT molecular complexity index is 1000. The second-order valence-electron chi connectivity index (χ2n) is 8.69. The zero-order valence-electron chi connectivity index (χ0n) is 17.3. The highest BCUT2D eigenvalue weighted by Gasteiger charge is 2.43. The summed E-state index contributed by atoms with van der Waals surface area (Å²) in [5, 5.41) is 2.98. The normalized spacial score (nSPS) is 22.9. The lowest BCUT2D eigenvalue weighted by Gasteiger charge is -2.32. The Balaban J connectivity index is 1.51. The first-order chi connectivity index (χ1) is 14.2. The molecule has 162 valence electrons. The summed E-state index contributed by atoms with van der Waals surface area (Å²) in [7, 11) is -3.97. The van der Waals surface area contributed by atoms with Gasteiger partial charge in [-0.1, -0.05) is 0 Å². The highest BCUT2D eigenvalue weighted by molar-refractivity contribution is 7.90. The Labute approximate surface area is 176 Å². The Morgan fingerprint density at radius 2 is 1.93 bits per heavy atom. The molecule has 4 rings (SSSR count). The highest BCUT2D eigenvalue weighted by atomic mass is 32.2. The number of nitrogens with zero attached hydrogens (tertiary/aromatic N) is 2. The molecule has 3 amide bonds. The van der Waals surface area contributed by atoms with Gasteiger partial charge in [0.1, 0.15) is 4.90 Å². The van der Waals surface area contributed by atoms with Crippen molar-refractivity contribution in [2.75, 3.05) is 19.6 Å². The third-order valence-electron chi connectivity index (χ3n) is 6.01. The first kappa shape index (κ1) is 20.8. The van der Waals surface area contributed by atoms with Gasteiger partial charge in [-0.25, -0.2) is 12.7 Å². The lowest BCUT2D eigenvalue weighted by molar-refractivity contribution is -0.126. The molecule has 1 atom stereocenters. The summed E-state index contributed by atoms with van der Waals surface area (Å²) < 4.78 is 26.4. The van der Waals surface area contributed by atoms with Crippen molar-refractivity contribution in [1.82, 2.24) is 14.5 Å². The van der Waals surface area contributed by atoms with E-state index < -0.39 is 22.0 Å². The van der Waals surface area contributed by atoms with Crippen LogP contribution >= 0.6 is 0 Å². The lowest BCUT2D eigenvalue weighted by Crippen LogP contribution is -2.45. The third kappa shape index (κ3) is 3.71. The van der Waals surface area contributed by atoms with Crippen molar-refractivity contribution in [2.45, 2.75) is 50.5 Å². The van der Waals surface area contributed by atoms with Gasteiger partial charge in [-0.3, -0.25) is 14.4 Å². The van der Waals surface area contributed by atoms with Crippen LogP contribution in [0.2, 0.25) is 0 Å². The van der Waals surface area contributed by atoms with Gasteiger partial charge in [0.05, 0.1) is 11.5 Å². The number of benzene rings is 1. The lowest BCUT2D eigenvalue weighted by atomic mass is 9.96. The molecule has 1 saturated heterocycles. The quantitative estimate of drug-likeness (QED) is 0.760. The molecule has 9 heteroatoms. The minimum atomic E-state index is -3.97. The van der Waals surface area contributed by atoms with Crippen LogP contribution in [0.15, 0.2) is 23.1 Å². The van der Waals surface area contributed by atoms with E-state index in [2.05, 4.69) is 5.32 Å². The predicted octanol–water partition coefficient (Wildman–Crippen LogP) is 1.62. The molecule has 1 aromatic rings. The molecule has 0 aromatic heterocycles. The number of sulfonamides is 1. The molecule has 1 unspecified atom stereocenters. The summed E-state index contributed by atoms with van der Waals surface area (Å²) in [6.07, 6.45) is 3.77. The summed E-state index contributed by atoms with van der Waals surface area (Å²) in [4.78, 5) is 39.5.